The average molecular weight is 376 g/mol. The molecule has 5 nitrogen and oxygen atoms in total. The SMILES string of the molecule is CCN1CC=C2C(C#N)=C(N)C(C#N)(C#N)[C@H](c3ccc(SC)cc3)[C@@H]2C1. The third kappa shape index (κ3) is 2.90. The Bertz CT molecular complexity index is 909. The molecule has 3 rings (SSSR count). The number of rotatable bonds is 3. The van der Waals surface area contributed by atoms with Crippen molar-refractivity contribution in [3.8, 4) is 18.2 Å². The van der Waals surface area contributed by atoms with Crippen LogP contribution in [0.2, 0.25) is 0 Å². The Morgan fingerprint density at radius 1 is 1.22 bits per heavy atom. The number of hydrogen-bond acceptors (Lipinski definition) is 6. The second kappa shape index (κ2) is 7.49. The van der Waals surface area contributed by atoms with E-state index in [1.54, 1.807) is 11.8 Å². The quantitative estimate of drug-likeness (QED) is 0.815. The molecule has 2 atom stereocenters. The number of allylic oxidation sites excluding steroid dienone is 2. The summed E-state index contributed by atoms with van der Waals surface area (Å²) in [5.41, 5.74) is 6.92. The van der Waals surface area contributed by atoms with Crippen molar-refractivity contribution < 1.29 is 0 Å². The summed E-state index contributed by atoms with van der Waals surface area (Å²) in [4.78, 5) is 3.37. The Labute approximate surface area is 164 Å². The molecular formula is C21H21N5S. The molecule has 0 aromatic heterocycles. The number of nitrogens with zero attached hydrogens (tertiary/aromatic N) is 4. The van der Waals surface area contributed by atoms with Gasteiger partial charge in [-0.1, -0.05) is 25.1 Å². The maximum Gasteiger partial charge on any atom is 0.191 e. The highest BCUT2D eigenvalue weighted by molar-refractivity contribution is 7.98. The van der Waals surface area contributed by atoms with Gasteiger partial charge in [-0.25, -0.2) is 0 Å². The van der Waals surface area contributed by atoms with Gasteiger partial charge in [-0.15, -0.1) is 11.8 Å². The van der Waals surface area contributed by atoms with Crippen LogP contribution in [0.3, 0.4) is 0 Å². The van der Waals surface area contributed by atoms with E-state index in [0.29, 0.717) is 12.1 Å². The molecule has 2 N–H and O–H groups in total. The number of nitrogens with two attached hydrogens (primary N) is 1. The number of fused-ring (bicyclic) bond motifs is 1. The van der Waals surface area contributed by atoms with Gasteiger partial charge < -0.3 is 5.73 Å². The summed E-state index contributed by atoms with van der Waals surface area (Å²) in [7, 11) is 0. The fourth-order valence-corrected chi connectivity index (χ4v) is 4.59. The lowest BCUT2D eigenvalue weighted by molar-refractivity contribution is 0.214. The van der Waals surface area contributed by atoms with E-state index in [4.69, 9.17) is 5.73 Å². The summed E-state index contributed by atoms with van der Waals surface area (Å²) in [5.74, 6) is -0.541. The minimum Gasteiger partial charge on any atom is -0.399 e. The smallest absolute Gasteiger partial charge is 0.191 e. The molecule has 0 saturated heterocycles. The number of benzene rings is 1. The van der Waals surface area contributed by atoms with E-state index in [1.807, 2.05) is 36.6 Å². The predicted octanol–water partition coefficient (Wildman–Crippen LogP) is 3.15. The van der Waals surface area contributed by atoms with Gasteiger partial charge in [0.05, 0.1) is 23.4 Å². The zero-order chi connectivity index (χ0) is 19.6. The van der Waals surface area contributed by atoms with Gasteiger partial charge in [-0.3, -0.25) is 4.90 Å². The molecule has 136 valence electrons. The maximum atomic E-state index is 10.0. The topological polar surface area (TPSA) is 101 Å². The summed E-state index contributed by atoms with van der Waals surface area (Å²) in [6.45, 7) is 4.39. The molecular weight excluding hydrogens is 354 g/mol. The molecule has 0 fully saturated rings. The molecule has 0 spiro atoms. The van der Waals surface area contributed by atoms with E-state index in [-0.39, 0.29) is 11.6 Å². The van der Waals surface area contributed by atoms with Crippen LogP contribution in [0, 0.1) is 45.3 Å². The maximum absolute atomic E-state index is 10.0. The van der Waals surface area contributed by atoms with Gasteiger partial charge in [0.1, 0.15) is 6.07 Å². The van der Waals surface area contributed by atoms with Crippen molar-refractivity contribution in [3.05, 3.63) is 52.7 Å². The summed E-state index contributed by atoms with van der Waals surface area (Å²) in [5, 5.41) is 29.8. The van der Waals surface area contributed by atoms with E-state index >= 15 is 0 Å². The molecule has 0 saturated carbocycles. The number of likely N-dealkylation sites (N-methyl/N-ethyl adjacent to an activating group) is 1. The third-order valence-corrected chi connectivity index (χ3v) is 6.41. The molecule has 0 amide bonds. The first-order valence-electron chi connectivity index (χ1n) is 8.85. The first-order valence-corrected chi connectivity index (χ1v) is 10.1. The van der Waals surface area contributed by atoms with E-state index in [9.17, 15) is 15.8 Å². The van der Waals surface area contributed by atoms with Crippen LogP contribution < -0.4 is 5.73 Å². The normalized spacial score (nSPS) is 24.2. The average Bonchev–Trinajstić information content (AvgIpc) is 2.73. The number of hydrogen-bond donors (Lipinski definition) is 1. The molecule has 1 aliphatic carbocycles. The lowest BCUT2D eigenvalue weighted by atomic mass is 9.58. The van der Waals surface area contributed by atoms with Crippen LogP contribution in [0.4, 0.5) is 0 Å². The minimum absolute atomic E-state index is 0.0846. The van der Waals surface area contributed by atoms with Crippen molar-refractivity contribution in [2.24, 2.45) is 17.1 Å². The Kier molecular flexibility index (Phi) is 5.29. The largest absolute Gasteiger partial charge is 0.399 e. The van der Waals surface area contributed by atoms with Crippen molar-refractivity contribution in [2.45, 2.75) is 17.7 Å². The zero-order valence-corrected chi connectivity index (χ0v) is 16.3. The molecule has 0 unspecified atom stereocenters. The molecule has 1 aromatic rings. The summed E-state index contributed by atoms with van der Waals surface area (Å²) in [6, 6.07) is 14.5. The Balaban J connectivity index is 2.27. The summed E-state index contributed by atoms with van der Waals surface area (Å²) >= 11 is 1.64. The van der Waals surface area contributed by atoms with Crippen LogP contribution in [0.15, 0.2) is 52.1 Å². The van der Waals surface area contributed by atoms with E-state index in [1.165, 1.54) is 0 Å². The van der Waals surface area contributed by atoms with Gasteiger partial charge in [0.15, 0.2) is 5.41 Å². The van der Waals surface area contributed by atoms with Crippen LogP contribution in [-0.2, 0) is 0 Å². The zero-order valence-electron chi connectivity index (χ0n) is 15.4. The lowest BCUT2D eigenvalue weighted by Crippen LogP contribution is -2.48. The molecule has 1 heterocycles. The second-order valence-corrected chi connectivity index (χ2v) is 7.68. The fraction of sp³-hybridized carbons (Fsp3) is 0.381. The van der Waals surface area contributed by atoms with Crippen LogP contribution in [0.1, 0.15) is 18.4 Å². The number of nitriles is 3. The van der Waals surface area contributed by atoms with E-state index in [2.05, 4.69) is 30.0 Å². The molecule has 1 aromatic carbocycles. The van der Waals surface area contributed by atoms with Gasteiger partial charge >= 0.3 is 0 Å². The van der Waals surface area contributed by atoms with Crippen molar-refractivity contribution in [1.29, 1.82) is 15.8 Å². The van der Waals surface area contributed by atoms with E-state index in [0.717, 1.165) is 29.1 Å². The van der Waals surface area contributed by atoms with Crippen LogP contribution >= 0.6 is 11.8 Å². The van der Waals surface area contributed by atoms with Crippen LogP contribution in [-0.4, -0.2) is 30.8 Å². The highest BCUT2D eigenvalue weighted by Crippen LogP contribution is 2.54. The summed E-state index contributed by atoms with van der Waals surface area (Å²) in [6.07, 6.45) is 4.04. The minimum atomic E-state index is -1.55. The second-order valence-electron chi connectivity index (χ2n) is 6.80. The van der Waals surface area contributed by atoms with Gasteiger partial charge in [0, 0.05) is 29.8 Å². The number of thioether (sulfide) groups is 1. The highest BCUT2D eigenvalue weighted by Gasteiger charge is 2.54. The standard InChI is InChI=1S/C21H21N5S/c1-3-26-9-8-16-17(10-22)20(25)21(12-23,13-24)19(18(16)11-26)14-4-6-15(27-2)7-5-14/h4-8,18-19H,3,9,11,25H2,1-2H3/t18-,19-/m1/s1. The Morgan fingerprint density at radius 3 is 2.41 bits per heavy atom. The third-order valence-electron chi connectivity index (χ3n) is 5.66. The molecule has 2 aliphatic rings. The predicted molar refractivity (Wildman–Crippen MR) is 105 cm³/mol. The highest BCUT2D eigenvalue weighted by atomic mass is 32.2. The van der Waals surface area contributed by atoms with Crippen molar-refractivity contribution >= 4 is 11.8 Å². The molecule has 0 bridgehead atoms. The van der Waals surface area contributed by atoms with Gasteiger partial charge in [0.2, 0.25) is 0 Å². The van der Waals surface area contributed by atoms with E-state index < -0.39 is 11.3 Å². The van der Waals surface area contributed by atoms with Gasteiger partial charge in [0.25, 0.3) is 0 Å². The first kappa shape index (κ1) is 19.1. The van der Waals surface area contributed by atoms with Gasteiger partial charge in [-0.2, -0.15) is 15.8 Å². The fourth-order valence-electron chi connectivity index (χ4n) is 4.19. The first-order chi connectivity index (χ1) is 13.1. The van der Waals surface area contributed by atoms with Gasteiger partial charge in [-0.05, 0) is 36.1 Å². The van der Waals surface area contributed by atoms with Crippen LogP contribution in [0.5, 0.6) is 0 Å². The van der Waals surface area contributed by atoms with Crippen LogP contribution in [0.25, 0.3) is 0 Å². The van der Waals surface area contributed by atoms with Crippen molar-refractivity contribution in [1.82, 2.24) is 4.90 Å². The lowest BCUT2D eigenvalue weighted by Gasteiger charge is -2.45. The monoisotopic (exact) mass is 375 g/mol. The summed E-state index contributed by atoms with van der Waals surface area (Å²) < 4.78 is 0. The Hall–Kier alpha value is -2.72. The molecule has 6 heteroatoms. The van der Waals surface area contributed by atoms with Crippen molar-refractivity contribution in [2.75, 3.05) is 25.9 Å². The molecule has 1 aliphatic heterocycles. The molecule has 0 radical (unpaired) electrons. The van der Waals surface area contributed by atoms with Crippen molar-refractivity contribution in [3.63, 3.8) is 0 Å². The molecule has 27 heavy (non-hydrogen) atoms. The Morgan fingerprint density at radius 2 is 1.89 bits per heavy atom.